The van der Waals surface area contributed by atoms with Gasteiger partial charge in [0.25, 0.3) is 0 Å². The van der Waals surface area contributed by atoms with Crippen molar-refractivity contribution < 1.29 is 19.7 Å². The molecular weight excluding hydrogens is 316 g/mol. The molecule has 2 aromatic carbocycles. The second kappa shape index (κ2) is 7.88. The molecule has 0 heterocycles. The van der Waals surface area contributed by atoms with Crippen molar-refractivity contribution in [3.63, 3.8) is 0 Å². The molecule has 0 aromatic heterocycles. The van der Waals surface area contributed by atoms with Crippen molar-refractivity contribution in [2.45, 2.75) is 25.7 Å². The number of rotatable bonds is 7. The first-order valence-corrected chi connectivity index (χ1v) is 7.82. The minimum absolute atomic E-state index is 0.0438. The van der Waals surface area contributed by atoms with Gasteiger partial charge in [-0.15, -0.1) is 0 Å². The molecule has 122 valence electrons. The summed E-state index contributed by atoms with van der Waals surface area (Å²) in [6, 6.07) is 11.5. The van der Waals surface area contributed by atoms with Gasteiger partial charge in [0.15, 0.2) is 0 Å². The topological polar surface area (TPSA) is 66.8 Å². The average Bonchev–Trinajstić information content (AvgIpc) is 2.51. The molecule has 0 bridgehead atoms. The highest BCUT2D eigenvalue weighted by molar-refractivity contribution is 6.30. The fourth-order valence-electron chi connectivity index (χ4n) is 2.37. The normalized spacial score (nSPS) is 11.9. The monoisotopic (exact) mass is 334 g/mol. The van der Waals surface area contributed by atoms with Crippen LogP contribution in [0.25, 0.3) is 0 Å². The predicted molar refractivity (Wildman–Crippen MR) is 89.4 cm³/mol. The van der Waals surface area contributed by atoms with Crippen LogP contribution in [0, 0.1) is 0 Å². The largest absolute Gasteiger partial charge is 0.508 e. The lowest BCUT2D eigenvalue weighted by Gasteiger charge is -2.16. The second-order valence-corrected chi connectivity index (χ2v) is 5.73. The Morgan fingerprint density at radius 3 is 2.70 bits per heavy atom. The van der Waals surface area contributed by atoms with Gasteiger partial charge in [0.2, 0.25) is 0 Å². The Labute approximate surface area is 140 Å². The Hall–Kier alpha value is -2.20. The first kappa shape index (κ1) is 17.2. The Kier molecular flexibility index (Phi) is 5.88. The number of carboxylic acid groups (broad SMARTS) is 1. The van der Waals surface area contributed by atoms with Crippen molar-refractivity contribution in [1.82, 2.24) is 0 Å². The van der Waals surface area contributed by atoms with E-state index in [-0.39, 0.29) is 12.2 Å². The molecule has 1 atom stereocenters. The number of carboxylic acids is 1. The molecule has 0 saturated carbocycles. The van der Waals surface area contributed by atoms with Crippen molar-refractivity contribution >= 4 is 17.6 Å². The number of ether oxygens (including phenoxy) is 1. The second-order valence-electron chi connectivity index (χ2n) is 5.29. The molecule has 0 saturated heterocycles. The number of halogens is 1. The maximum absolute atomic E-state index is 11.7. The third-order valence-electron chi connectivity index (χ3n) is 3.48. The maximum atomic E-state index is 11.7. The summed E-state index contributed by atoms with van der Waals surface area (Å²) in [5.74, 6) is -1.06. The molecule has 0 amide bonds. The van der Waals surface area contributed by atoms with E-state index < -0.39 is 11.9 Å². The van der Waals surface area contributed by atoms with E-state index in [9.17, 15) is 15.0 Å². The third kappa shape index (κ3) is 4.63. The number of aromatic hydroxyl groups is 1. The third-order valence-corrected chi connectivity index (χ3v) is 3.71. The summed E-state index contributed by atoms with van der Waals surface area (Å²) in [7, 11) is 0. The lowest BCUT2D eigenvalue weighted by Crippen LogP contribution is -2.15. The van der Waals surface area contributed by atoms with Gasteiger partial charge >= 0.3 is 5.97 Å². The highest BCUT2D eigenvalue weighted by atomic mass is 35.5. The average molecular weight is 335 g/mol. The van der Waals surface area contributed by atoms with Crippen LogP contribution in [0.2, 0.25) is 5.02 Å². The lowest BCUT2D eigenvalue weighted by atomic mass is 9.91. The molecule has 23 heavy (non-hydrogen) atoms. The molecule has 0 aliphatic rings. The maximum Gasteiger partial charge on any atom is 0.311 e. The lowest BCUT2D eigenvalue weighted by molar-refractivity contribution is -0.138. The first-order chi connectivity index (χ1) is 11.0. The molecule has 4 nitrogen and oxygen atoms in total. The van der Waals surface area contributed by atoms with Gasteiger partial charge in [-0.05, 0) is 54.3 Å². The fraction of sp³-hybridized carbons (Fsp3) is 0.278. The van der Waals surface area contributed by atoms with Gasteiger partial charge in [-0.2, -0.15) is 0 Å². The molecule has 2 N–H and O–H groups in total. The molecule has 0 spiro atoms. The molecule has 5 heteroatoms. The van der Waals surface area contributed by atoms with Gasteiger partial charge in [0.1, 0.15) is 11.5 Å². The van der Waals surface area contributed by atoms with E-state index in [1.165, 1.54) is 12.1 Å². The molecule has 0 radical (unpaired) electrons. The van der Waals surface area contributed by atoms with E-state index in [0.717, 1.165) is 12.0 Å². The summed E-state index contributed by atoms with van der Waals surface area (Å²) in [6.07, 6.45) is 1.09. The van der Waals surface area contributed by atoms with Crippen LogP contribution >= 0.6 is 11.6 Å². The summed E-state index contributed by atoms with van der Waals surface area (Å²) in [5.41, 5.74) is 1.28. The molecule has 0 fully saturated rings. The minimum Gasteiger partial charge on any atom is -0.508 e. The molecule has 0 aliphatic heterocycles. The highest BCUT2D eigenvalue weighted by Gasteiger charge is 2.22. The Morgan fingerprint density at radius 2 is 2.04 bits per heavy atom. The van der Waals surface area contributed by atoms with E-state index in [2.05, 4.69) is 0 Å². The van der Waals surface area contributed by atoms with Crippen LogP contribution in [0.3, 0.4) is 0 Å². The van der Waals surface area contributed by atoms with Crippen LogP contribution in [0.1, 0.15) is 30.4 Å². The SMILES string of the molecule is CCCOc1ccc(Cl)cc1CC(C(=O)O)c1cccc(O)c1. The predicted octanol–water partition coefficient (Wildman–Crippen LogP) is 4.25. The molecule has 1 unspecified atom stereocenters. The molecular formula is C18H19ClO4. The van der Waals surface area contributed by atoms with E-state index in [0.29, 0.717) is 22.9 Å². The van der Waals surface area contributed by atoms with Crippen LogP contribution < -0.4 is 4.74 Å². The molecule has 2 aromatic rings. The zero-order valence-corrected chi connectivity index (χ0v) is 13.6. The van der Waals surface area contributed by atoms with E-state index in [4.69, 9.17) is 16.3 Å². The van der Waals surface area contributed by atoms with Gasteiger partial charge < -0.3 is 14.9 Å². The summed E-state index contributed by atoms with van der Waals surface area (Å²) in [5, 5.41) is 19.7. The number of phenolic OH excluding ortho intramolecular Hbond substituents is 1. The number of benzene rings is 2. The fourth-order valence-corrected chi connectivity index (χ4v) is 2.56. The van der Waals surface area contributed by atoms with Crippen molar-refractivity contribution in [3.8, 4) is 11.5 Å². The smallest absolute Gasteiger partial charge is 0.311 e. The minimum atomic E-state index is -0.961. The number of carbonyl (C=O) groups is 1. The van der Waals surface area contributed by atoms with Crippen LogP contribution in [0.15, 0.2) is 42.5 Å². The van der Waals surface area contributed by atoms with Gasteiger partial charge in [-0.3, -0.25) is 4.79 Å². The highest BCUT2D eigenvalue weighted by Crippen LogP contribution is 2.30. The summed E-state index contributed by atoms with van der Waals surface area (Å²) >= 11 is 6.04. The number of phenols is 1. The first-order valence-electron chi connectivity index (χ1n) is 7.44. The van der Waals surface area contributed by atoms with E-state index >= 15 is 0 Å². The van der Waals surface area contributed by atoms with Crippen LogP contribution in [0.4, 0.5) is 0 Å². The van der Waals surface area contributed by atoms with Gasteiger partial charge in [0, 0.05) is 5.02 Å². The quantitative estimate of drug-likeness (QED) is 0.794. The van der Waals surface area contributed by atoms with E-state index in [1.807, 2.05) is 6.92 Å². The number of hydrogen-bond acceptors (Lipinski definition) is 3. The number of aliphatic carboxylic acids is 1. The van der Waals surface area contributed by atoms with Crippen molar-refractivity contribution in [3.05, 3.63) is 58.6 Å². The molecule has 0 aliphatic carbocycles. The van der Waals surface area contributed by atoms with Crippen molar-refractivity contribution in [1.29, 1.82) is 0 Å². The van der Waals surface area contributed by atoms with E-state index in [1.54, 1.807) is 30.3 Å². The van der Waals surface area contributed by atoms with Gasteiger partial charge in [0.05, 0.1) is 12.5 Å². The van der Waals surface area contributed by atoms with Gasteiger partial charge in [-0.25, -0.2) is 0 Å². The Balaban J connectivity index is 2.33. The standard InChI is InChI=1S/C18H19ClO4/c1-2-8-23-17-7-6-14(19)9-13(17)11-16(18(21)22)12-4-3-5-15(20)10-12/h3-7,9-10,16,20H,2,8,11H2,1H3,(H,21,22). The summed E-state index contributed by atoms with van der Waals surface area (Å²) in [4.78, 5) is 11.7. The number of hydrogen-bond donors (Lipinski definition) is 2. The van der Waals surface area contributed by atoms with Crippen LogP contribution in [0.5, 0.6) is 11.5 Å². The van der Waals surface area contributed by atoms with Crippen molar-refractivity contribution in [2.75, 3.05) is 6.61 Å². The summed E-state index contributed by atoms with van der Waals surface area (Å²) < 4.78 is 5.68. The van der Waals surface area contributed by atoms with Gasteiger partial charge in [-0.1, -0.05) is 30.7 Å². The zero-order valence-electron chi connectivity index (χ0n) is 12.8. The Bertz CT molecular complexity index is 684. The van der Waals surface area contributed by atoms with Crippen molar-refractivity contribution in [2.24, 2.45) is 0 Å². The molecule has 2 rings (SSSR count). The van der Waals surface area contributed by atoms with Crippen LogP contribution in [-0.4, -0.2) is 22.8 Å². The summed E-state index contributed by atoms with van der Waals surface area (Å²) in [6.45, 7) is 2.56. The van der Waals surface area contributed by atoms with Crippen LogP contribution in [-0.2, 0) is 11.2 Å². The Morgan fingerprint density at radius 1 is 1.26 bits per heavy atom. The zero-order chi connectivity index (χ0) is 16.8.